The van der Waals surface area contributed by atoms with Crippen molar-refractivity contribution < 1.29 is 24.2 Å². The van der Waals surface area contributed by atoms with Gasteiger partial charge in [0.15, 0.2) is 16.7 Å². The lowest BCUT2D eigenvalue weighted by atomic mass is 10.1. The highest BCUT2D eigenvalue weighted by atomic mass is 79.9. The third-order valence-electron chi connectivity index (χ3n) is 5.25. The molecule has 1 aliphatic rings. The molecule has 1 fully saturated rings. The molecule has 0 radical (unpaired) electrons. The van der Waals surface area contributed by atoms with Crippen LogP contribution in [0.3, 0.4) is 0 Å². The van der Waals surface area contributed by atoms with Crippen LogP contribution in [-0.4, -0.2) is 40.7 Å². The van der Waals surface area contributed by atoms with Gasteiger partial charge >= 0.3 is 5.97 Å². The Morgan fingerprint density at radius 1 is 1.11 bits per heavy atom. The van der Waals surface area contributed by atoms with Crippen molar-refractivity contribution in [1.82, 2.24) is 4.90 Å². The SMILES string of the molecule is CCOc1cc(/C=C2\SC(=Nc3cccc(C(=O)O)c3)N(C)C2=O)cc(Br)c1OCc1ccc(Br)cc1. The number of likely N-dealkylation sites (N-methyl/N-ethyl adjacent to an activating group) is 1. The summed E-state index contributed by atoms with van der Waals surface area (Å²) in [6.45, 7) is 2.71. The van der Waals surface area contributed by atoms with Gasteiger partial charge in [-0.15, -0.1) is 0 Å². The summed E-state index contributed by atoms with van der Waals surface area (Å²) in [5.41, 5.74) is 2.35. The molecule has 3 aromatic rings. The van der Waals surface area contributed by atoms with E-state index in [-0.39, 0.29) is 11.5 Å². The maximum absolute atomic E-state index is 12.9. The van der Waals surface area contributed by atoms with E-state index in [9.17, 15) is 14.7 Å². The number of ether oxygens (including phenoxy) is 2. The Kier molecular flexibility index (Phi) is 8.73. The van der Waals surface area contributed by atoms with E-state index in [2.05, 4.69) is 36.9 Å². The van der Waals surface area contributed by atoms with E-state index in [1.807, 2.05) is 43.3 Å². The Bertz CT molecular complexity index is 1410. The number of hydrogen-bond donors (Lipinski definition) is 1. The van der Waals surface area contributed by atoms with Gasteiger partial charge in [-0.2, -0.15) is 0 Å². The molecule has 0 aromatic heterocycles. The minimum Gasteiger partial charge on any atom is -0.490 e. The Hall–Kier alpha value is -3.08. The Balaban J connectivity index is 1.59. The first-order valence-corrected chi connectivity index (χ1v) is 13.6. The van der Waals surface area contributed by atoms with Gasteiger partial charge in [0, 0.05) is 11.5 Å². The molecular formula is C27H22Br2N2O5S. The molecule has 0 atom stereocenters. The van der Waals surface area contributed by atoms with E-state index in [4.69, 9.17) is 9.47 Å². The number of aromatic carboxylic acids is 1. The maximum atomic E-state index is 12.9. The highest BCUT2D eigenvalue weighted by Gasteiger charge is 2.30. The van der Waals surface area contributed by atoms with E-state index >= 15 is 0 Å². The Morgan fingerprint density at radius 3 is 2.57 bits per heavy atom. The van der Waals surface area contributed by atoms with Crippen molar-refractivity contribution in [2.75, 3.05) is 13.7 Å². The molecule has 0 spiro atoms. The van der Waals surface area contributed by atoms with E-state index in [1.165, 1.54) is 28.8 Å². The summed E-state index contributed by atoms with van der Waals surface area (Å²) in [5.74, 6) is -0.104. The number of nitrogens with zero attached hydrogens (tertiary/aromatic N) is 2. The van der Waals surface area contributed by atoms with Crippen LogP contribution in [0.4, 0.5) is 5.69 Å². The third-order valence-corrected chi connectivity index (χ3v) is 7.43. The number of rotatable bonds is 8. The molecule has 0 saturated carbocycles. The third kappa shape index (κ3) is 6.63. The Labute approximate surface area is 235 Å². The lowest BCUT2D eigenvalue weighted by Crippen LogP contribution is -2.23. The smallest absolute Gasteiger partial charge is 0.335 e. The van der Waals surface area contributed by atoms with Gasteiger partial charge in [-0.3, -0.25) is 9.69 Å². The number of aliphatic imine (C=N–C) groups is 1. The molecule has 1 N–H and O–H groups in total. The number of benzene rings is 3. The van der Waals surface area contributed by atoms with E-state index < -0.39 is 5.97 Å². The molecule has 1 heterocycles. The fourth-order valence-electron chi connectivity index (χ4n) is 3.43. The molecule has 1 amide bonds. The molecule has 10 heteroatoms. The molecular weight excluding hydrogens is 624 g/mol. The van der Waals surface area contributed by atoms with Crippen molar-refractivity contribution in [3.63, 3.8) is 0 Å². The number of carbonyl (C=O) groups excluding carboxylic acids is 1. The Morgan fingerprint density at radius 2 is 1.86 bits per heavy atom. The van der Waals surface area contributed by atoms with Gasteiger partial charge in [-0.25, -0.2) is 9.79 Å². The van der Waals surface area contributed by atoms with Gasteiger partial charge in [-0.1, -0.05) is 34.1 Å². The van der Waals surface area contributed by atoms with Crippen LogP contribution in [0.5, 0.6) is 11.5 Å². The van der Waals surface area contributed by atoms with Crippen molar-refractivity contribution in [2.24, 2.45) is 4.99 Å². The number of carbonyl (C=O) groups is 2. The molecule has 4 rings (SSSR count). The first-order chi connectivity index (χ1) is 17.7. The molecule has 0 bridgehead atoms. The second-order valence-electron chi connectivity index (χ2n) is 7.90. The number of thioether (sulfide) groups is 1. The monoisotopic (exact) mass is 644 g/mol. The number of carboxylic acid groups (broad SMARTS) is 1. The van der Waals surface area contributed by atoms with Crippen LogP contribution in [-0.2, 0) is 11.4 Å². The largest absolute Gasteiger partial charge is 0.490 e. The number of hydrogen-bond acceptors (Lipinski definition) is 6. The summed E-state index contributed by atoms with van der Waals surface area (Å²) in [7, 11) is 1.64. The average Bonchev–Trinajstić information content (AvgIpc) is 3.12. The van der Waals surface area contributed by atoms with Crippen molar-refractivity contribution in [3.8, 4) is 11.5 Å². The fourth-order valence-corrected chi connectivity index (χ4v) is 5.26. The van der Waals surface area contributed by atoms with Gasteiger partial charge in [0.25, 0.3) is 5.91 Å². The topological polar surface area (TPSA) is 88.4 Å². The van der Waals surface area contributed by atoms with Crippen molar-refractivity contribution >= 4 is 72.4 Å². The summed E-state index contributed by atoms with van der Waals surface area (Å²) >= 11 is 8.24. The highest BCUT2D eigenvalue weighted by molar-refractivity contribution is 9.10. The summed E-state index contributed by atoms with van der Waals surface area (Å²) in [6, 6.07) is 17.8. The van der Waals surface area contributed by atoms with Crippen LogP contribution >= 0.6 is 43.6 Å². The maximum Gasteiger partial charge on any atom is 0.335 e. The quantitative estimate of drug-likeness (QED) is 0.263. The van der Waals surface area contributed by atoms with Crippen LogP contribution in [0, 0.1) is 0 Å². The van der Waals surface area contributed by atoms with E-state index in [1.54, 1.807) is 25.3 Å². The minimum absolute atomic E-state index is 0.130. The lowest BCUT2D eigenvalue weighted by molar-refractivity contribution is -0.121. The summed E-state index contributed by atoms with van der Waals surface area (Å²) in [4.78, 5) is 30.6. The zero-order chi connectivity index (χ0) is 26.5. The first kappa shape index (κ1) is 27.0. The second-order valence-corrected chi connectivity index (χ2v) is 10.7. The highest BCUT2D eigenvalue weighted by Crippen LogP contribution is 2.40. The molecule has 190 valence electrons. The molecule has 1 aliphatic heterocycles. The van der Waals surface area contributed by atoms with E-state index in [0.29, 0.717) is 44.9 Å². The molecule has 1 saturated heterocycles. The number of amidine groups is 1. The first-order valence-electron chi connectivity index (χ1n) is 11.2. The molecule has 0 unspecified atom stereocenters. The summed E-state index contributed by atoms with van der Waals surface area (Å²) in [6.07, 6.45) is 1.77. The van der Waals surface area contributed by atoms with Gasteiger partial charge in [0.2, 0.25) is 0 Å². The van der Waals surface area contributed by atoms with Gasteiger partial charge in [0.1, 0.15) is 6.61 Å². The fraction of sp³-hybridized carbons (Fsp3) is 0.148. The van der Waals surface area contributed by atoms with Crippen LogP contribution in [0.25, 0.3) is 6.08 Å². The van der Waals surface area contributed by atoms with Crippen LogP contribution in [0.15, 0.2) is 79.5 Å². The van der Waals surface area contributed by atoms with Crippen molar-refractivity contribution in [2.45, 2.75) is 13.5 Å². The predicted molar refractivity (Wildman–Crippen MR) is 153 cm³/mol. The van der Waals surface area contributed by atoms with Crippen LogP contribution < -0.4 is 9.47 Å². The molecule has 3 aromatic carbocycles. The van der Waals surface area contributed by atoms with Crippen molar-refractivity contribution in [3.05, 3.63) is 91.2 Å². The van der Waals surface area contributed by atoms with Gasteiger partial charge < -0.3 is 14.6 Å². The second kappa shape index (κ2) is 12.0. The lowest BCUT2D eigenvalue weighted by Gasteiger charge is -2.15. The molecule has 0 aliphatic carbocycles. The van der Waals surface area contributed by atoms with Crippen molar-refractivity contribution in [1.29, 1.82) is 0 Å². The zero-order valence-electron chi connectivity index (χ0n) is 19.9. The van der Waals surface area contributed by atoms with Crippen LogP contribution in [0.2, 0.25) is 0 Å². The van der Waals surface area contributed by atoms with E-state index in [0.717, 1.165) is 15.6 Å². The molecule has 7 nitrogen and oxygen atoms in total. The summed E-state index contributed by atoms with van der Waals surface area (Å²) in [5, 5.41) is 9.68. The average molecular weight is 646 g/mol. The number of amides is 1. The van der Waals surface area contributed by atoms with Gasteiger partial charge in [-0.05, 0) is 94.3 Å². The summed E-state index contributed by atoms with van der Waals surface area (Å²) < 4.78 is 13.6. The predicted octanol–water partition coefficient (Wildman–Crippen LogP) is 7.12. The van der Waals surface area contributed by atoms with Crippen LogP contribution in [0.1, 0.15) is 28.4 Å². The minimum atomic E-state index is -1.04. The number of carboxylic acids is 1. The zero-order valence-corrected chi connectivity index (χ0v) is 23.9. The molecule has 37 heavy (non-hydrogen) atoms. The normalized spacial score (nSPS) is 15.5. The number of halogens is 2. The van der Waals surface area contributed by atoms with Gasteiger partial charge in [0.05, 0.1) is 27.2 Å². The standard InChI is InChI=1S/C27H22Br2N2O5S/c1-3-35-22-12-17(11-21(29)24(22)36-15-16-7-9-19(28)10-8-16)13-23-25(32)31(2)27(37-23)30-20-6-4-5-18(14-20)26(33)34/h4-14H,3,15H2,1-2H3,(H,33,34)/b23-13-,30-27?.